The maximum atomic E-state index is 13.9. The predicted octanol–water partition coefficient (Wildman–Crippen LogP) is 3.61. The zero-order chi connectivity index (χ0) is 13.6. The number of hydrogen-bond acceptors (Lipinski definition) is 2. The number of aromatic nitrogens is 2. The first-order chi connectivity index (χ1) is 9.03. The van der Waals surface area contributed by atoms with Gasteiger partial charge in [0.2, 0.25) is 0 Å². The van der Waals surface area contributed by atoms with Gasteiger partial charge in [0, 0.05) is 6.61 Å². The number of alkyl halides is 1. The second-order valence-electron chi connectivity index (χ2n) is 5.33. The summed E-state index contributed by atoms with van der Waals surface area (Å²) in [6, 6.07) is 5.02. The van der Waals surface area contributed by atoms with Crippen molar-refractivity contribution in [1.29, 1.82) is 0 Å². The molecule has 0 N–H and O–H groups in total. The van der Waals surface area contributed by atoms with Crippen LogP contribution >= 0.6 is 11.6 Å². The molecule has 1 aliphatic heterocycles. The Balaban J connectivity index is 2.31. The van der Waals surface area contributed by atoms with E-state index < -0.39 is 0 Å². The van der Waals surface area contributed by atoms with Crippen LogP contribution in [0, 0.1) is 5.82 Å². The Morgan fingerprint density at radius 3 is 2.95 bits per heavy atom. The van der Waals surface area contributed by atoms with Crippen LogP contribution in [0.2, 0.25) is 0 Å². The molecule has 19 heavy (non-hydrogen) atoms. The third-order valence-electron chi connectivity index (χ3n) is 3.76. The number of halogens is 2. The van der Waals surface area contributed by atoms with Gasteiger partial charge in [-0.25, -0.2) is 9.37 Å². The quantitative estimate of drug-likeness (QED) is 0.787. The van der Waals surface area contributed by atoms with Crippen LogP contribution in [0.25, 0.3) is 11.0 Å². The van der Waals surface area contributed by atoms with E-state index in [-0.39, 0.29) is 16.7 Å². The first-order valence-corrected chi connectivity index (χ1v) is 6.86. The summed E-state index contributed by atoms with van der Waals surface area (Å²) < 4.78 is 21.5. The van der Waals surface area contributed by atoms with E-state index in [2.05, 4.69) is 16.5 Å². The summed E-state index contributed by atoms with van der Waals surface area (Å²) in [6.07, 6.45) is 0.881. The van der Waals surface area contributed by atoms with Gasteiger partial charge in [-0.3, -0.25) is 0 Å². The molecule has 0 spiro atoms. The fourth-order valence-electron chi connectivity index (χ4n) is 2.75. The topological polar surface area (TPSA) is 27.1 Å². The average molecular weight is 283 g/mol. The van der Waals surface area contributed by atoms with Crippen molar-refractivity contribution in [3.05, 3.63) is 29.8 Å². The molecule has 2 aromatic rings. The second-order valence-corrected chi connectivity index (χ2v) is 5.98. The number of hydrogen-bond donors (Lipinski definition) is 0. The number of benzene rings is 1. The lowest BCUT2D eigenvalue weighted by molar-refractivity contribution is 0.162. The van der Waals surface area contributed by atoms with Gasteiger partial charge in [-0.15, -0.1) is 11.6 Å². The maximum Gasteiger partial charge on any atom is 0.151 e. The highest BCUT2D eigenvalue weighted by atomic mass is 35.5. The van der Waals surface area contributed by atoms with E-state index in [0.29, 0.717) is 24.6 Å². The number of ether oxygens (including phenoxy) is 1. The normalized spacial score (nSPS) is 25.1. The SMILES string of the molecule is CC(Cl)c1nc2c(F)cccc2n1C1(C)CCOC1. The Labute approximate surface area is 116 Å². The standard InChI is InChI=1S/C14H16ClFN2O/c1-9(15)13-17-12-10(16)4-3-5-11(12)18(13)14(2)6-7-19-8-14/h3-5,9H,6-8H2,1-2H3. The van der Waals surface area contributed by atoms with Gasteiger partial charge in [-0.05, 0) is 32.4 Å². The molecule has 2 unspecified atom stereocenters. The van der Waals surface area contributed by atoms with Crippen LogP contribution in [0.1, 0.15) is 31.5 Å². The zero-order valence-corrected chi connectivity index (χ0v) is 11.7. The number of imidazole rings is 1. The monoisotopic (exact) mass is 282 g/mol. The summed E-state index contributed by atoms with van der Waals surface area (Å²) in [7, 11) is 0. The Hall–Kier alpha value is -1.13. The number of fused-ring (bicyclic) bond motifs is 1. The molecule has 2 atom stereocenters. The molecule has 3 rings (SSSR count). The second kappa shape index (κ2) is 4.46. The molecule has 5 heteroatoms. The Bertz CT molecular complexity index is 617. The molecule has 0 radical (unpaired) electrons. The van der Waals surface area contributed by atoms with E-state index in [9.17, 15) is 4.39 Å². The fourth-order valence-corrected chi connectivity index (χ4v) is 2.90. The minimum atomic E-state index is -0.308. The average Bonchev–Trinajstić information content (AvgIpc) is 2.94. The van der Waals surface area contributed by atoms with E-state index in [0.717, 1.165) is 11.9 Å². The lowest BCUT2D eigenvalue weighted by atomic mass is 10.0. The largest absolute Gasteiger partial charge is 0.379 e. The lowest BCUT2D eigenvalue weighted by Gasteiger charge is -2.27. The molecule has 2 heterocycles. The van der Waals surface area contributed by atoms with Gasteiger partial charge < -0.3 is 9.30 Å². The highest BCUT2D eigenvalue weighted by Gasteiger charge is 2.36. The Morgan fingerprint density at radius 1 is 1.53 bits per heavy atom. The maximum absolute atomic E-state index is 13.9. The van der Waals surface area contributed by atoms with Crippen LogP contribution in [0.3, 0.4) is 0 Å². The molecule has 1 aromatic heterocycles. The number of nitrogens with zero attached hydrogens (tertiary/aromatic N) is 2. The van der Waals surface area contributed by atoms with Gasteiger partial charge in [-0.1, -0.05) is 6.07 Å². The molecule has 0 saturated carbocycles. The zero-order valence-electron chi connectivity index (χ0n) is 11.0. The van der Waals surface area contributed by atoms with Gasteiger partial charge in [0.1, 0.15) is 11.3 Å². The first-order valence-electron chi connectivity index (χ1n) is 6.42. The van der Waals surface area contributed by atoms with Crippen molar-refractivity contribution < 1.29 is 9.13 Å². The van der Waals surface area contributed by atoms with Crippen molar-refractivity contribution in [3.8, 4) is 0 Å². The summed E-state index contributed by atoms with van der Waals surface area (Å²) in [6.45, 7) is 5.28. The molecular formula is C14H16ClFN2O. The van der Waals surface area contributed by atoms with Crippen LogP contribution in [0.5, 0.6) is 0 Å². The van der Waals surface area contributed by atoms with Gasteiger partial charge in [0.15, 0.2) is 5.82 Å². The summed E-state index contributed by atoms with van der Waals surface area (Å²) in [5.41, 5.74) is 0.967. The van der Waals surface area contributed by atoms with Gasteiger partial charge >= 0.3 is 0 Å². The van der Waals surface area contributed by atoms with E-state index in [1.54, 1.807) is 6.07 Å². The summed E-state index contributed by atoms with van der Waals surface area (Å²) in [5.74, 6) is 0.395. The molecule has 102 valence electrons. The highest BCUT2D eigenvalue weighted by molar-refractivity contribution is 6.20. The van der Waals surface area contributed by atoms with Crippen molar-refractivity contribution in [1.82, 2.24) is 9.55 Å². The van der Waals surface area contributed by atoms with Crippen molar-refractivity contribution in [2.24, 2.45) is 0 Å². The Morgan fingerprint density at radius 2 is 2.32 bits per heavy atom. The minimum absolute atomic E-state index is 0.207. The third kappa shape index (κ3) is 1.94. The molecule has 1 saturated heterocycles. The van der Waals surface area contributed by atoms with Gasteiger partial charge in [0.25, 0.3) is 0 Å². The van der Waals surface area contributed by atoms with Crippen molar-refractivity contribution in [2.75, 3.05) is 13.2 Å². The van der Waals surface area contributed by atoms with Crippen LogP contribution in [0.15, 0.2) is 18.2 Å². The molecule has 3 nitrogen and oxygen atoms in total. The van der Waals surface area contributed by atoms with Crippen LogP contribution in [0.4, 0.5) is 4.39 Å². The van der Waals surface area contributed by atoms with E-state index >= 15 is 0 Å². The van der Waals surface area contributed by atoms with Crippen LogP contribution in [-0.4, -0.2) is 22.8 Å². The molecule has 0 amide bonds. The number of rotatable bonds is 2. The highest BCUT2D eigenvalue weighted by Crippen LogP contribution is 2.36. The van der Waals surface area contributed by atoms with E-state index in [1.807, 2.05) is 13.0 Å². The molecule has 1 aromatic carbocycles. The molecule has 0 aliphatic carbocycles. The lowest BCUT2D eigenvalue weighted by Crippen LogP contribution is -2.32. The third-order valence-corrected chi connectivity index (χ3v) is 3.95. The smallest absolute Gasteiger partial charge is 0.151 e. The Kier molecular flexibility index (Phi) is 3.02. The van der Waals surface area contributed by atoms with Gasteiger partial charge in [0.05, 0.1) is 23.0 Å². The molecule has 1 aliphatic rings. The van der Waals surface area contributed by atoms with E-state index in [4.69, 9.17) is 16.3 Å². The molecule has 1 fully saturated rings. The molecular weight excluding hydrogens is 267 g/mol. The first kappa shape index (κ1) is 12.9. The van der Waals surface area contributed by atoms with Gasteiger partial charge in [-0.2, -0.15) is 0 Å². The fraction of sp³-hybridized carbons (Fsp3) is 0.500. The van der Waals surface area contributed by atoms with Crippen LogP contribution in [-0.2, 0) is 10.3 Å². The van der Waals surface area contributed by atoms with E-state index in [1.165, 1.54) is 6.07 Å². The summed E-state index contributed by atoms with van der Waals surface area (Å²) >= 11 is 6.23. The minimum Gasteiger partial charge on any atom is -0.379 e. The van der Waals surface area contributed by atoms with Crippen molar-refractivity contribution in [3.63, 3.8) is 0 Å². The number of para-hydroxylation sites is 1. The predicted molar refractivity (Wildman–Crippen MR) is 73.0 cm³/mol. The summed E-state index contributed by atoms with van der Waals surface area (Å²) in [4.78, 5) is 4.40. The van der Waals surface area contributed by atoms with Crippen molar-refractivity contribution >= 4 is 22.6 Å². The van der Waals surface area contributed by atoms with Crippen LogP contribution < -0.4 is 0 Å². The summed E-state index contributed by atoms with van der Waals surface area (Å²) in [5, 5.41) is -0.274. The van der Waals surface area contributed by atoms with Crippen molar-refractivity contribution in [2.45, 2.75) is 31.2 Å². The molecule has 0 bridgehead atoms.